The molecule has 0 N–H and O–H groups in total. The summed E-state index contributed by atoms with van der Waals surface area (Å²) >= 11 is 0. The molecule has 0 bridgehead atoms. The largest absolute Gasteiger partial charge is 0.336 e. The second kappa shape index (κ2) is 5.22. The van der Waals surface area contributed by atoms with Gasteiger partial charge in [0.05, 0.1) is 12.1 Å². The summed E-state index contributed by atoms with van der Waals surface area (Å²) in [6.07, 6.45) is 1.87. The summed E-state index contributed by atoms with van der Waals surface area (Å²) in [4.78, 5) is 0. The first kappa shape index (κ1) is 12.5. The number of aryl methyl sites for hydroxylation is 1. The molecule has 0 fully saturated rings. The summed E-state index contributed by atoms with van der Waals surface area (Å²) in [7, 11) is 0. The fraction of sp³-hybridized carbons (Fsp3) is 0.111. The Kier molecular flexibility index (Phi) is 3.26. The quantitative estimate of drug-likeness (QED) is 0.581. The van der Waals surface area contributed by atoms with Crippen molar-refractivity contribution in [2.24, 2.45) is 0 Å². The Balaban J connectivity index is 1.84. The molecule has 0 aliphatic carbocycles. The minimum absolute atomic E-state index is 0.187. The van der Waals surface area contributed by atoms with Crippen LogP contribution in [-0.2, 0) is 6.54 Å². The van der Waals surface area contributed by atoms with Crippen molar-refractivity contribution >= 4 is 10.9 Å². The van der Waals surface area contributed by atoms with Gasteiger partial charge in [-0.1, -0.05) is 35.6 Å². The van der Waals surface area contributed by atoms with Gasteiger partial charge in [0, 0.05) is 17.1 Å². The van der Waals surface area contributed by atoms with E-state index in [4.69, 9.17) is 0 Å². The number of hydrogen-bond acceptors (Lipinski definition) is 0. The highest BCUT2D eigenvalue weighted by atomic mass is 19.1. The molecule has 0 radical (unpaired) electrons. The summed E-state index contributed by atoms with van der Waals surface area (Å²) in [6.45, 7) is 2.61. The van der Waals surface area contributed by atoms with Crippen LogP contribution >= 0.6 is 0 Å². The molecule has 1 aromatic heterocycles. The Labute approximate surface area is 117 Å². The fourth-order valence-corrected chi connectivity index (χ4v) is 2.19. The number of rotatable bonds is 1. The Morgan fingerprint density at radius 1 is 1.05 bits per heavy atom. The van der Waals surface area contributed by atoms with Gasteiger partial charge in [0.25, 0.3) is 0 Å². The zero-order valence-electron chi connectivity index (χ0n) is 11.2. The molecule has 20 heavy (non-hydrogen) atoms. The van der Waals surface area contributed by atoms with Crippen LogP contribution in [-0.4, -0.2) is 4.57 Å². The minimum atomic E-state index is -0.187. The molecule has 2 aromatic carbocycles. The zero-order valence-corrected chi connectivity index (χ0v) is 11.2. The first-order valence-electron chi connectivity index (χ1n) is 6.53. The molecule has 0 amide bonds. The molecular formula is C18H14FN. The van der Waals surface area contributed by atoms with Crippen molar-refractivity contribution in [3.63, 3.8) is 0 Å². The van der Waals surface area contributed by atoms with Gasteiger partial charge < -0.3 is 4.57 Å². The molecule has 3 aromatic rings. The third kappa shape index (κ3) is 2.44. The molecule has 98 valence electrons. The van der Waals surface area contributed by atoms with Crippen LogP contribution in [0, 0.1) is 24.6 Å². The topological polar surface area (TPSA) is 4.93 Å². The van der Waals surface area contributed by atoms with E-state index >= 15 is 0 Å². The van der Waals surface area contributed by atoms with Crippen LogP contribution in [0.15, 0.2) is 54.7 Å². The van der Waals surface area contributed by atoms with Gasteiger partial charge in [-0.25, -0.2) is 4.39 Å². The number of hydrogen-bond donors (Lipinski definition) is 0. The lowest BCUT2D eigenvalue weighted by Crippen LogP contribution is -1.93. The van der Waals surface area contributed by atoms with Gasteiger partial charge in [-0.2, -0.15) is 0 Å². The number of aromatic nitrogens is 1. The highest BCUT2D eigenvalue weighted by molar-refractivity contribution is 5.80. The van der Waals surface area contributed by atoms with Crippen LogP contribution in [0.25, 0.3) is 10.9 Å². The van der Waals surface area contributed by atoms with Crippen molar-refractivity contribution in [3.8, 4) is 11.8 Å². The number of benzene rings is 2. The molecule has 0 spiro atoms. The summed E-state index contributed by atoms with van der Waals surface area (Å²) in [5.74, 6) is 6.06. The summed E-state index contributed by atoms with van der Waals surface area (Å²) in [6, 6.07) is 15.0. The van der Waals surface area contributed by atoms with Crippen molar-refractivity contribution in [2.75, 3.05) is 0 Å². The molecule has 0 unspecified atom stereocenters. The fourth-order valence-electron chi connectivity index (χ4n) is 2.19. The Bertz CT molecular complexity index is 801. The highest BCUT2D eigenvalue weighted by Crippen LogP contribution is 2.18. The first-order chi connectivity index (χ1) is 9.74. The summed E-state index contributed by atoms with van der Waals surface area (Å²) < 4.78 is 15.5. The third-order valence-corrected chi connectivity index (χ3v) is 3.29. The van der Waals surface area contributed by atoms with Crippen molar-refractivity contribution in [1.82, 2.24) is 4.57 Å². The first-order valence-corrected chi connectivity index (χ1v) is 6.53. The Hall–Kier alpha value is -2.53. The average molecular weight is 263 g/mol. The molecule has 0 atom stereocenters. The number of halogens is 1. The predicted molar refractivity (Wildman–Crippen MR) is 80.0 cm³/mol. The molecular weight excluding hydrogens is 249 g/mol. The summed E-state index contributed by atoms with van der Waals surface area (Å²) in [5.41, 5.74) is 3.10. The minimum Gasteiger partial charge on any atom is -0.336 e. The van der Waals surface area contributed by atoms with Crippen molar-refractivity contribution < 1.29 is 4.39 Å². The standard InChI is InChI=1S/C18H14FN/c1-14-7-9-15(10-8-14)4-3-12-20-13-11-16-17(19)5-2-6-18(16)20/h2,5-11,13H,12H2,1H3. The van der Waals surface area contributed by atoms with Crippen molar-refractivity contribution in [2.45, 2.75) is 13.5 Å². The van der Waals surface area contributed by atoms with Crippen LogP contribution in [0.1, 0.15) is 11.1 Å². The number of fused-ring (bicyclic) bond motifs is 1. The SMILES string of the molecule is Cc1ccc(C#CCn2ccc3c(F)cccc32)cc1. The van der Waals surface area contributed by atoms with E-state index in [1.165, 1.54) is 11.6 Å². The molecule has 0 saturated heterocycles. The predicted octanol–water partition coefficient (Wildman–Crippen LogP) is 4.14. The maximum Gasteiger partial charge on any atom is 0.132 e. The van der Waals surface area contributed by atoms with Crippen LogP contribution in [0.4, 0.5) is 4.39 Å². The molecule has 0 aliphatic rings. The lowest BCUT2D eigenvalue weighted by Gasteiger charge is -1.99. The second-order valence-electron chi connectivity index (χ2n) is 4.78. The van der Waals surface area contributed by atoms with E-state index in [1.54, 1.807) is 12.1 Å². The monoisotopic (exact) mass is 263 g/mol. The van der Waals surface area contributed by atoms with Gasteiger partial charge in [0.15, 0.2) is 0 Å². The normalized spacial score (nSPS) is 10.3. The van der Waals surface area contributed by atoms with Crippen LogP contribution in [0.2, 0.25) is 0 Å². The molecule has 1 nitrogen and oxygen atoms in total. The van der Waals surface area contributed by atoms with E-state index in [0.717, 1.165) is 11.1 Å². The van der Waals surface area contributed by atoms with Gasteiger partial charge >= 0.3 is 0 Å². The highest BCUT2D eigenvalue weighted by Gasteiger charge is 2.03. The average Bonchev–Trinajstić information content (AvgIpc) is 2.86. The van der Waals surface area contributed by atoms with E-state index in [0.29, 0.717) is 11.9 Å². The zero-order chi connectivity index (χ0) is 13.9. The maximum atomic E-state index is 13.6. The van der Waals surface area contributed by atoms with Crippen LogP contribution < -0.4 is 0 Å². The number of nitrogens with zero attached hydrogens (tertiary/aromatic N) is 1. The van der Waals surface area contributed by atoms with E-state index in [2.05, 4.69) is 18.8 Å². The molecule has 0 saturated carbocycles. The van der Waals surface area contributed by atoms with Crippen LogP contribution in [0.5, 0.6) is 0 Å². The van der Waals surface area contributed by atoms with E-state index < -0.39 is 0 Å². The maximum absolute atomic E-state index is 13.6. The third-order valence-electron chi connectivity index (χ3n) is 3.29. The smallest absolute Gasteiger partial charge is 0.132 e. The Morgan fingerprint density at radius 2 is 1.85 bits per heavy atom. The lowest BCUT2D eigenvalue weighted by molar-refractivity contribution is 0.640. The lowest BCUT2D eigenvalue weighted by atomic mass is 10.1. The molecule has 2 heteroatoms. The van der Waals surface area contributed by atoms with E-state index in [-0.39, 0.29) is 5.82 Å². The van der Waals surface area contributed by atoms with Gasteiger partial charge in [0.2, 0.25) is 0 Å². The second-order valence-corrected chi connectivity index (χ2v) is 4.78. The van der Waals surface area contributed by atoms with Gasteiger partial charge in [-0.3, -0.25) is 0 Å². The molecule has 1 heterocycles. The van der Waals surface area contributed by atoms with Gasteiger partial charge in [0.1, 0.15) is 5.82 Å². The van der Waals surface area contributed by atoms with Gasteiger partial charge in [-0.15, -0.1) is 0 Å². The Morgan fingerprint density at radius 3 is 2.65 bits per heavy atom. The van der Waals surface area contributed by atoms with Gasteiger partial charge in [-0.05, 0) is 37.3 Å². The van der Waals surface area contributed by atoms with Crippen molar-refractivity contribution in [1.29, 1.82) is 0 Å². The van der Waals surface area contributed by atoms with E-state index in [9.17, 15) is 4.39 Å². The molecule has 3 rings (SSSR count). The molecule has 0 aliphatic heterocycles. The van der Waals surface area contributed by atoms with E-state index in [1.807, 2.05) is 41.1 Å². The van der Waals surface area contributed by atoms with Crippen LogP contribution in [0.3, 0.4) is 0 Å². The summed E-state index contributed by atoms with van der Waals surface area (Å²) in [5, 5.41) is 0.643. The van der Waals surface area contributed by atoms with Crippen molar-refractivity contribution in [3.05, 3.63) is 71.7 Å².